The molecule has 0 radical (unpaired) electrons. The lowest BCUT2D eigenvalue weighted by molar-refractivity contribution is 0.0910. The van der Waals surface area contributed by atoms with Gasteiger partial charge in [0.2, 0.25) is 15.9 Å². The molecule has 2 unspecified atom stereocenters. The fraction of sp³-hybridized carbons (Fsp3) is 0.500. The summed E-state index contributed by atoms with van der Waals surface area (Å²) in [7, 11) is -3.21. The smallest absolute Gasteiger partial charge is 0.250 e. The largest absolute Gasteiger partial charge is 0.474 e. The second-order valence-corrected chi connectivity index (χ2v) is 12.1. The molecule has 3 fully saturated rings. The van der Waals surface area contributed by atoms with Crippen LogP contribution in [-0.2, 0) is 10.0 Å². The van der Waals surface area contributed by atoms with Crippen molar-refractivity contribution in [2.75, 3.05) is 5.32 Å². The lowest BCUT2D eigenvalue weighted by atomic mass is 10.0. The average Bonchev–Trinajstić information content (AvgIpc) is 3.58. The number of benzene rings is 1. The van der Waals surface area contributed by atoms with E-state index in [1.165, 1.54) is 18.5 Å². The molecule has 9 nitrogen and oxygen atoms in total. The summed E-state index contributed by atoms with van der Waals surface area (Å²) in [4.78, 5) is 20.5. The van der Waals surface area contributed by atoms with Gasteiger partial charge in [-0.1, -0.05) is 23.2 Å². The second-order valence-electron chi connectivity index (χ2n) is 9.12. The maximum atomic E-state index is 12.9. The van der Waals surface area contributed by atoms with Crippen molar-refractivity contribution >= 4 is 50.6 Å². The number of amides is 1. The van der Waals surface area contributed by atoms with E-state index in [0.29, 0.717) is 35.8 Å². The van der Waals surface area contributed by atoms with E-state index in [0.717, 1.165) is 25.7 Å². The number of anilines is 2. The lowest BCUT2D eigenvalue weighted by Gasteiger charge is -2.37. The van der Waals surface area contributed by atoms with Crippen LogP contribution in [0.15, 0.2) is 18.5 Å². The number of ether oxygens (including phenoxy) is 1. The first kappa shape index (κ1) is 23.6. The molecule has 34 heavy (non-hydrogen) atoms. The van der Waals surface area contributed by atoms with Gasteiger partial charge in [-0.3, -0.25) is 4.79 Å². The average molecular weight is 526 g/mol. The summed E-state index contributed by atoms with van der Waals surface area (Å²) < 4.78 is 33.8. The number of sulfonamides is 1. The highest BCUT2D eigenvalue weighted by Gasteiger charge is 2.52. The molecule has 1 aromatic heterocycles. The van der Waals surface area contributed by atoms with Crippen molar-refractivity contribution in [2.45, 2.75) is 68.9 Å². The van der Waals surface area contributed by atoms with Crippen LogP contribution >= 0.6 is 23.2 Å². The van der Waals surface area contributed by atoms with Crippen LogP contribution in [0.25, 0.3) is 0 Å². The summed E-state index contributed by atoms with van der Waals surface area (Å²) in [6.07, 6.45) is 5.72. The number of fused-ring (bicyclic) bond motifs is 2. The Morgan fingerprint density at radius 2 is 1.82 bits per heavy atom. The third-order valence-corrected chi connectivity index (χ3v) is 9.76. The fourth-order valence-electron chi connectivity index (χ4n) is 4.98. The zero-order valence-electron chi connectivity index (χ0n) is 18.5. The number of hydrogen-bond acceptors (Lipinski definition) is 7. The molecule has 2 aliphatic heterocycles. The fourth-order valence-corrected chi connectivity index (χ4v) is 7.81. The quantitative estimate of drug-likeness (QED) is 0.562. The van der Waals surface area contributed by atoms with Crippen LogP contribution < -0.4 is 15.8 Å². The van der Waals surface area contributed by atoms with Crippen LogP contribution in [0.2, 0.25) is 10.0 Å². The summed E-state index contributed by atoms with van der Waals surface area (Å²) >= 11 is 12.3. The zero-order chi connectivity index (χ0) is 24.2. The van der Waals surface area contributed by atoms with E-state index in [-0.39, 0.29) is 39.0 Å². The monoisotopic (exact) mass is 525 g/mol. The number of nitrogens with one attached hydrogen (secondary N) is 1. The van der Waals surface area contributed by atoms with Crippen molar-refractivity contribution in [2.24, 2.45) is 5.73 Å². The first-order valence-corrected chi connectivity index (χ1v) is 13.5. The predicted octanol–water partition coefficient (Wildman–Crippen LogP) is 3.80. The molecule has 3 heterocycles. The molecule has 3 aliphatic rings. The molecule has 2 aromatic rings. The summed E-state index contributed by atoms with van der Waals surface area (Å²) in [6.45, 7) is 1.80. The van der Waals surface area contributed by atoms with Crippen LogP contribution in [0.5, 0.6) is 5.88 Å². The number of hydrogen-bond donors (Lipinski definition) is 2. The van der Waals surface area contributed by atoms with Crippen molar-refractivity contribution < 1.29 is 17.9 Å². The van der Waals surface area contributed by atoms with E-state index in [2.05, 4.69) is 15.3 Å². The topological polar surface area (TPSA) is 128 Å². The van der Waals surface area contributed by atoms with Gasteiger partial charge in [-0.2, -0.15) is 4.31 Å². The minimum atomic E-state index is -3.21. The molecule has 1 amide bonds. The Balaban J connectivity index is 1.35. The van der Waals surface area contributed by atoms with Crippen molar-refractivity contribution in [3.63, 3.8) is 0 Å². The van der Waals surface area contributed by atoms with Crippen LogP contribution in [-0.4, -0.2) is 52.0 Å². The van der Waals surface area contributed by atoms with Crippen molar-refractivity contribution in [1.82, 2.24) is 14.3 Å². The first-order chi connectivity index (χ1) is 16.1. The highest BCUT2D eigenvalue weighted by atomic mass is 35.5. The molecule has 2 atom stereocenters. The maximum Gasteiger partial charge on any atom is 0.250 e. The van der Waals surface area contributed by atoms with Crippen LogP contribution in [0.4, 0.5) is 11.5 Å². The van der Waals surface area contributed by atoms with Gasteiger partial charge >= 0.3 is 0 Å². The highest BCUT2D eigenvalue weighted by molar-refractivity contribution is 7.90. The minimum Gasteiger partial charge on any atom is -0.474 e. The second kappa shape index (κ2) is 8.82. The van der Waals surface area contributed by atoms with Gasteiger partial charge in [0.25, 0.3) is 5.91 Å². The van der Waals surface area contributed by atoms with Crippen molar-refractivity contribution in [1.29, 1.82) is 0 Å². The molecule has 0 spiro atoms. The SMILES string of the molecule is Cc1c(Nc2c(Cl)cc(Cl)cc2C(N)=O)ncnc1OC1CC2CCC(C1)N2S(=O)(=O)C1CC1. The van der Waals surface area contributed by atoms with Gasteiger partial charge in [0.15, 0.2) is 0 Å². The number of rotatable bonds is 7. The third kappa shape index (κ3) is 4.32. The van der Waals surface area contributed by atoms with Gasteiger partial charge < -0.3 is 15.8 Å². The van der Waals surface area contributed by atoms with Crippen molar-refractivity contribution in [3.05, 3.63) is 39.6 Å². The van der Waals surface area contributed by atoms with Crippen LogP contribution in [0.3, 0.4) is 0 Å². The number of aromatic nitrogens is 2. The van der Waals surface area contributed by atoms with Gasteiger partial charge in [-0.25, -0.2) is 18.4 Å². The Bertz CT molecular complexity index is 1240. The Labute approximate surface area is 208 Å². The number of halogens is 2. The Hall–Kier alpha value is -2.14. The minimum absolute atomic E-state index is 0.0277. The van der Waals surface area contributed by atoms with Crippen molar-refractivity contribution in [3.8, 4) is 5.88 Å². The maximum absolute atomic E-state index is 12.9. The Morgan fingerprint density at radius 1 is 1.15 bits per heavy atom. The van der Waals surface area contributed by atoms with Gasteiger partial charge in [-0.15, -0.1) is 0 Å². The van der Waals surface area contributed by atoms with E-state index in [4.69, 9.17) is 33.7 Å². The summed E-state index contributed by atoms with van der Waals surface area (Å²) in [6, 6.07) is 2.89. The Kier molecular flexibility index (Phi) is 6.12. The number of nitrogens with two attached hydrogens (primary N) is 1. The third-order valence-electron chi connectivity index (χ3n) is 6.74. The molecule has 2 saturated heterocycles. The molecule has 5 rings (SSSR count). The van der Waals surface area contributed by atoms with E-state index in [1.807, 2.05) is 0 Å². The molecule has 3 N–H and O–H groups in total. The van der Waals surface area contributed by atoms with E-state index in [1.54, 1.807) is 11.2 Å². The molecule has 2 bridgehead atoms. The number of piperidine rings is 1. The predicted molar refractivity (Wildman–Crippen MR) is 129 cm³/mol. The van der Waals surface area contributed by atoms with Gasteiger partial charge in [0, 0.05) is 29.9 Å². The van der Waals surface area contributed by atoms with Gasteiger partial charge in [-0.05, 0) is 44.7 Å². The molecule has 1 saturated carbocycles. The number of primary amides is 1. The van der Waals surface area contributed by atoms with E-state index in [9.17, 15) is 13.2 Å². The number of carbonyl (C=O) groups excluding carboxylic acids is 1. The summed E-state index contributed by atoms with van der Waals surface area (Å²) in [5, 5.41) is 3.38. The van der Waals surface area contributed by atoms with E-state index >= 15 is 0 Å². The molecule has 182 valence electrons. The first-order valence-electron chi connectivity index (χ1n) is 11.2. The van der Waals surface area contributed by atoms with Crippen LogP contribution in [0.1, 0.15) is 54.4 Å². The highest BCUT2D eigenvalue weighted by Crippen LogP contribution is 2.44. The molecule has 12 heteroatoms. The standard InChI is InChI=1S/C22H25Cl2N5O4S/c1-11-21(28-19-17(20(25)30)6-12(23)7-18(19)24)26-10-27-22(11)33-15-8-13-2-3-14(9-15)29(13)34(31,32)16-4-5-16/h6-7,10,13-16H,2-5,8-9H2,1H3,(H2,25,30)(H,26,27,28). The molecule has 1 aromatic carbocycles. The molecular weight excluding hydrogens is 501 g/mol. The summed E-state index contributed by atoms with van der Waals surface area (Å²) in [5.74, 6) is 0.123. The zero-order valence-corrected chi connectivity index (χ0v) is 20.8. The van der Waals surface area contributed by atoms with Gasteiger partial charge in [0.1, 0.15) is 18.2 Å². The Morgan fingerprint density at radius 3 is 2.44 bits per heavy atom. The molecular formula is C22H25Cl2N5O4S. The van der Waals surface area contributed by atoms with Gasteiger partial charge in [0.05, 0.1) is 27.1 Å². The molecule has 1 aliphatic carbocycles. The lowest BCUT2D eigenvalue weighted by Crippen LogP contribution is -2.50. The normalized spacial score (nSPS) is 24.7. The van der Waals surface area contributed by atoms with E-state index < -0.39 is 15.9 Å². The van der Waals surface area contributed by atoms with Crippen LogP contribution in [0, 0.1) is 6.92 Å². The number of nitrogens with zero attached hydrogens (tertiary/aromatic N) is 3. The number of carbonyl (C=O) groups is 1. The summed E-state index contributed by atoms with van der Waals surface area (Å²) in [5.41, 5.74) is 6.55.